The fourth-order valence-electron chi connectivity index (χ4n) is 10.4. The van der Waals surface area contributed by atoms with Crippen LogP contribution in [0, 0.1) is 0 Å². The van der Waals surface area contributed by atoms with Crippen LogP contribution in [0.15, 0.2) is 255 Å². The van der Waals surface area contributed by atoms with Crippen LogP contribution >= 0.6 is 0 Å². The van der Waals surface area contributed by atoms with Gasteiger partial charge in [-0.25, -0.2) is 0 Å². The predicted octanol–water partition coefficient (Wildman–Crippen LogP) is 17.5. The molecule has 0 aliphatic heterocycles. The Bertz CT molecular complexity index is 3530. The van der Waals surface area contributed by atoms with Gasteiger partial charge in [0.25, 0.3) is 0 Å². The zero-order chi connectivity index (χ0) is 43.3. The summed E-state index contributed by atoms with van der Waals surface area (Å²) < 4.78 is 0. The van der Waals surface area contributed by atoms with Crippen LogP contribution in [0.1, 0.15) is 23.6 Å². The first-order valence-corrected chi connectivity index (χ1v) is 22.6. The lowest BCUT2D eigenvalue weighted by molar-refractivity contribution is 0.714. The molecule has 0 radical (unpaired) electrons. The highest BCUT2D eigenvalue weighted by Crippen LogP contribution is 2.55. The molecular weight excluding hydrogens is 783 g/mol. The molecule has 0 aromatic heterocycles. The molecule has 1 aliphatic carbocycles. The number of anilines is 3. The second-order valence-corrected chi connectivity index (χ2v) is 17.4. The molecule has 0 spiro atoms. The number of benzene rings is 11. The van der Waals surface area contributed by atoms with Crippen LogP contribution in [0.25, 0.3) is 77.2 Å². The third-order valence-electron chi connectivity index (χ3n) is 13.8. The predicted molar refractivity (Wildman–Crippen MR) is 275 cm³/mol. The Morgan fingerprint density at radius 3 is 1.55 bits per heavy atom. The Morgan fingerprint density at radius 1 is 0.292 bits per heavy atom. The molecule has 0 N–H and O–H groups in total. The molecule has 0 amide bonds. The summed E-state index contributed by atoms with van der Waals surface area (Å²) in [6, 6.07) is 93.5. The number of hydrogen-bond donors (Lipinski definition) is 0. The molecule has 1 unspecified atom stereocenters. The molecule has 306 valence electrons. The van der Waals surface area contributed by atoms with Crippen molar-refractivity contribution >= 4 is 38.6 Å². The van der Waals surface area contributed by atoms with Crippen LogP contribution in [0.4, 0.5) is 17.1 Å². The molecule has 11 aromatic carbocycles. The highest BCUT2D eigenvalue weighted by Gasteiger charge is 2.41. The largest absolute Gasteiger partial charge is 0.310 e. The van der Waals surface area contributed by atoms with Crippen LogP contribution < -0.4 is 4.90 Å². The maximum atomic E-state index is 2.39. The van der Waals surface area contributed by atoms with E-state index in [1.165, 1.54) is 93.9 Å². The summed E-state index contributed by atoms with van der Waals surface area (Å²) in [5, 5.41) is 5.01. The first-order chi connectivity index (χ1) is 32.1. The second-order valence-electron chi connectivity index (χ2n) is 17.4. The van der Waals surface area contributed by atoms with Gasteiger partial charge in [0.1, 0.15) is 0 Å². The highest BCUT2D eigenvalue weighted by atomic mass is 15.1. The van der Waals surface area contributed by atoms with E-state index in [0.29, 0.717) is 0 Å². The van der Waals surface area contributed by atoms with E-state index in [-0.39, 0.29) is 5.41 Å². The van der Waals surface area contributed by atoms with Gasteiger partial charge in [-0.2, -0.15) is 0 Å². The lowest BCUT2D eigenvalue weighted by Gasteiger charge is -2.28. The smallest absolute Gasteiger partial charge is 0.0467 e. The minimum absolute atomic E-state index is 0.250. The Labute approximate surface area is 381 Å². The molecule has 65 heavy (non-hydrogen) atoms. The lowest BCUT2D eigenvalue weighted by atomic mass is 9.74. The SMILES string of the molecule is CC1(c2ccccc2)c2ccccc2-c2c(-c3ccc(N(c4ccc(-c5cccc6ccccc56)cc4)c4cccc(-c5ccc(-c6ccc7ccccc7c6)cc5)c4)cc3)cccc21. The highest BCUT2D eigenvalue weighted by molar-refractivity contribution is 5.98. The summed E-state index contributed by atoms with van der Waals surface area (Å²) >= 11 is 0. The van der Waals surface area contributed by atoms with E-state index in [1.54, 1.807) is 0 Å². The summed E-state index contributed by atoms with van der Waals surface area (Å²) in [4.78, 5) is 2.39. The topological polar surface area (TPSA) is 3.24 Å². The molecule has 12 rings (SSSR count). The Hall–Kier alpha value is -8.26. The van der Waals surface area contributed by atoms with Gasteiger partial charge in [-0.3, -0.25) is 0 Å². The van der Waals surface area contributed by atoms with Gasteiger partial charge in [0, 0.05) is 22.5 Å². The molecule has 0 bridgehead atoms. The van der Waals surface area contributed by atoms with E-state index in [4.69, 9.17) is 0 Å². The normalized spacial score (nSPS) is 14.0. The Kier molecular flexibility index (Phi) is 9.35. The van der Waals surface area contributed by atoms with Gasteiger partial charge >= 0.3 is 0 Å². The van der Waals surface area contributed by atoms with Crippen LogP contribution in [-0.4, -0.2) is 0 Å². The number of hydrogen-bond acceptors (Lipinski definition) is 1. The minimum atomic E-state index is -0.250. The van der Waals surface area contributed by atoms with Gasteiger partial charge in [-0.1, -0.05) is 212 Å². The molecule has 0 heterocycles. The fourth-order valence-corrected chi connectivity index (χ4v) is 10.4. The fraction of sp³-hybridized carbons (Fsp3) is 0.0312. The van der Waals surface area contributed by atoms with E-state index in [0.717, 1.165) is 17.1 Å². The average molecular weight is 828 g/mol. The van der Waals surface area contributed by atoms with Gasteiger partial charge in [-0.05, 0) is 143 Å². The van der Waals surface area contributed by atoms with Crippen molar-refractivity contribution in [1.82, 2.24) is 0 Å². The van der Waals surface area contributed by atoms with E-state index in [9.17, 15) is 0 Å². The second kappa shape index (κ2) is 15.8. The first-order valence-electron chi connectivity index (χ1n) is 22.6. The van der Waals surface area contributed by atoms with Crippen molar-refractivity contribution in [3.8, 4) is 55.6 Å². The minimum Gasteiger partial charge on any atom is -0.310 e. The summed E-state index contributed by atoms with van der Waals surface area (Å²) in [7, 11) is 0. The van der Waals surface area contributed by atoms with Crippen LogP contribution in [0.3, 0.4) is 0 Å². The lowest BCUT2D eigenvalue weighted by Crippen LogP contribution is -2.22. The van der Waals surface area contributed by atoms with Crippen molar-refractivity contribution in [3.05, 3.63) is 271 Å². The van der Waals surface area contributed by atoms with E-state index >= 15 is 0 Å². The van der Waals surface area contributed by atoms with Crippen LogP contribution in [0.5, 0.6) is 0 Å². The first kappa shape index (κ1) is 38.4. The molecular formula is C64H45N. The van der Waals surface area contributed by atoms with Crippen molar-refractivity contribution in [2.24, 2.45) is 0 Å². The van der Waals surface area contributed by atoms with E-state index < -0.39 is 0 Å². The molecule has 11 aromatic rings. The maximum Gasteiger partial charge on any atom is 0.0467 e. The summed E-state index contributed by atoms with van der Waals surface area (Å²) in [5.74, 6) is 0. The molecule has 1 atom stereocenters. The van der Waals surface area contributed by atoms with Crippen LogP contribution in [-0.2, 0) is 5.41 Å². The van der Waals surface area contributed by atoms with Crippen molar-refractivity contribution < 1.29 is 0 Å². The zero-order valence-corrected chi connectivity index (χ0v) is 36.2. The van der Waals surface area contributed by atoms with Gasteiger partial charge in [0.2, 0.25) is 0 Å². The van der Waals surface area contributed by atoms with Gasteiger partial charge in [0.05, 0.1) is 0 Å². The van der Waals surface area contributed by atoms with E-state index in [1.807, 2.05) is 0 Å². The number of rotatable bonds is 8. The van der Waals surface area contributed by atoms with Gasteiger partial charge < -0.3 is 4.90 Å². The molecule has 0 saturated heterocycles. The summed E-state index contributed by atoms with van der Waals surface area (Å²) in [5.41, 5.74) is 19.3. The Morgan fingerprint density at radius 2 is 0.800 bits per heavy atom. The Balaban J connectivity index is 0.938. The van der Waals surface area contributed by atoms with Crippen molar-refractivity contribution in [2.45, 2.75) is 12.3 Å². The molecule has 1 heteroatoms. The van der Waals surface area contributed by atoms with Gasteiger partial charge in [-0.15, -0.1) is 0 Å². The van der Waals surface area contributed by atoms with Crippen molar-refractivity contribution in [1.29, 1.82) is 0 Å². The molecule has 0 fully saturated rings. The summed E-state index contributed by atoms with van der Waals surface area (Å²) in [6.45, 7) is 2.39. The zero-order valence-electron chi connectivity index (χ0n) is 36.2. The molecule has 0 saturated carbocycles. The molecule has 1 nitrogen and oxygen atoms in total. The van der Waals surface area contributed by atoms with E-state index in [2.05, 4.69) is 267 Å². The number of nitrogens with zero attached hydrogens (tertiary/aromatic N) is 1. The van der Waals surface area contributed by atoms with Crippen LogP contribution in [0.2, 0.25) is 0 Å². The monoisotopic (exact) mass is 827 g/mol. The maximum absolute atomic E-state index is 2.39. The quantitative estimate of drug-likeness (QED) is 0.147. The third-order valence-corrected chi connectivity index (χ3v) is 13.8. The summed E-state index contributed by atoms with van der Waals surface area (Å²) in [6.07, 6.45) is 0. The molecule has 1 aliphatic rings. The standard InChI is InChI=1S/C64H45N/c1-64(53-19-3-2-4-20-53)61-26-10-9-23-60(61)63-59(25-13-27-62(63)64)49-36-40-55(41-37-49)65(54-38-34-48(35-39-54)58-24-12-17-47-15-7-8-22-57(47)58)56-21-11-18-51(43-56)45-28-30-46(31-29-45)52-33-32-44-14-5-6-16-50(44)42-52/h2-43H,1H3. The van der Waals surface area contributed by atoms with Gasteiger partial charge in [0.15, 0.2) is 0 Å². The number of fused-ring (bicyclic) bond motifs is 5. The van der Waals surface area contributed by atoms with Crippen molar-refractivity contribution in [2.75, 3.05) is 4.90 Å². The van der Waals surface area contributed by atoms with Crippen molar-refractivity contribution in [3.63, 3.8) is 0 Å². The average Bonchev–Trinajstić information content (AvgIpc) is 3.65. The third kappa shape index (κ3) is 6.64.